The summed E-state index contributed by atoms with van der Waals surface area (Å²) in [7, 11) is 0. The lowest BCUT2D eigenvalue weighted by molar-refractivity contribution is -0.117. The summed E-state index contributed by atoms with van der Waals surface area (Å²) in [5, 5.41) is 8.62. The fourth-order valence-electron chi connectivity index (χ4n) is 0.988. The van der Waals surface area contributed by atoms with Gasteiger partial charge in [0.05, 0.1) is 0 Å². The summed E-state index contributed by atoms with van der Waals surface area (Å²) in [5.74, 6) is 0.146. The van der Waals surface area contributed by atoms with E-state index in [4.69, 9.17) is 5.26 Å². The molecule has 0 radical (unpaired) electrons. The molecule has 0 amide bonds. The number of nitriles is 1. The topological polar surface area (TPSA) is 45.8 Å². The van der Waals surface area contributed by atoms with Crippen LogP contribution in [0, 0.1) is 11.3 Å². The number of hydrogen-bond donors (Lipinski definition) is 0. The lowest BCUT2D eigenvalue weighted by atomic mass is 10.3. The Balaban J connectivity index is 2.64. The Bertz CT molecular complexity index is 320. The van der Waals surface area contributed by atoms with Crippen LogP contribution in [-0.4, -0.2) is 10.4 Å². The monoisotopic (exact) mass is 162 g/mol. The second-order valence-corrected chi connectivity index (χ2v) is 2.65. The predicted molar refractivity (Wildman–Crippen MR) is 44.4 cm³/mol. The fourth-order valence-corrected chi connectivity index (χ4v) is 0.988. The molecule has 0 aliphatic carbocycles. The van der Waals surface area contributed by atoms with Crippen LogP contribution in [0.4, 0.5) is 0 Å². The standard InChI is InChI=1S/C9H10N2O/c1-8(12)4-6-11-5-2-3-9(11)7-10/h2-3,5H,4,6H2,1H3. The van der Waals surface area contributed by atoms with Gasteiger partial charge in [0.15, 0.2) is 0 Å². The zero-order valence-corrected chi connectivity index (χ0v) is 6.95. The first kappa shape index (κ1) is 8.54. The zero-order chi connectivity index (χ0) is 8.97. The van der Waals surface area contributed by atoms with Crippen LogP contribution in [0.5, 0.6) is 0 Å². The largest absolute Gasteiger partial charge is 0.339 e. The van der Waals surface area contributed by atoms with Gasteiger partial charge in [-0.05, 0) is 19.1 Å². The van der Waals surface area contributed by atoms with Gasteiger partial charge >= 0.3 is 0 Å². The Hall–Kier alpha value is -1.56. The molecule has 0 spiro atoms. The van der Waals surface area contributed by atoms with Gasteiger partial charge in [0.2, 0.25) is 0 Å². The highest BCUT2D eigenvalue weighted by Gasteiger charge is 1.99. The van der Waals surface area contributed by atoms with Crippen molar-refractivity contribution in [2.45, 2.75) is 19.9 Å². The smallest absolute Gasteiger partial charge is 0.131 e. The van der Waals surface area contributed by atoms with Gasteiger partial charge in [0.1, 0.15) is 17.5 Å². The van der Waals surface area contributed by atoms with Crippen molar-refractivity contribution in [3.8, 4) is 6.07 Å². The molecule has 0 atom stereocenters. The number of ketones is 1. The molecule has 0 N–H and O–H groups in total. The second kappa shape index (κ2) is 3.72. The fraction of sp³-hybridized carbons (Fsp3) is 0.333. The number of carbonyl (C=O) groups excluding carboxylic acids is 1. The lowest BCUT2D eigenvalue weighted by Crippen LogP contribution is -2.02. The van der Waals surface area contributed by atoms with Crippen molar-refractivity contribution in [3.05, 3.63) is 24.0 Å². The number of Topliss-reactive ketones (excluding diaryl/α,β-unsaturated/α-hetero) is 1. The van der Waals surface area contributed by atoms with E-state index in [2.05, 4.69) is 6.07 Å². The molecule has 62 valence electrons. The quantitative estimate of drug-likeness (QED) is 0.673. The Morgan fingerprint density at radius 2 is 2.50 bits per heavy atom. The van der Waals surface area contributed by atoms with Crippen molar-refractivity contribution in [2.24, 2.45) is 0 Å². The number of hydrogen-bond acceptors (Lipinski definition) is 2. The van der Waals surface area contributed by atoms with E-state index in [1.807, 2.05) is 6.20 Å². The van der Waals surface area contributed by atoms with Gasteiger partial charge in [-0.15, -0.1) is 0 Å². The normalized spacial score (nSPS) is 9.33. The Labute approximate surface area is 71.2 Å². The Morgan fingerprint density at radius 1 is 1.75 bits per heavy atom. The molecule has 0 saturated carbocycles. The second-order valence-electron chi connectivity index (χ2n) is 2.65. The summed E-state index contributed by atoms with van der Waals surface area (Å²) in [6.07, 6.45) is 2.30. The van der Waals surface area contributed by atoms with Crippen molar-refractivity contribution in [1.82, 2.24) is 4.57 Å². The maximum atomic E-state index is 10.6. The molecule has 0 aliphatic heterocycles. The summed E-state index contributed by atoms with van der Waals surface area (Å²) in [6, 6.07) is 5.59. The van der Waals surface area contributed by atoms with E-state index in [0.29, 0.717) is 18.7 Å². The summed E-state index contributed by atoms with van der Waals surface area (Å²) in [5.41, 5.74) is 0.608. The molecule has 0 unspecified atom stereocenters. The highest BCUT2D eigenvalue weighted by Crippen LogP contribution is 2.01. The molecule has 1 aromatic rings. The Kier molecular flexibility index (Phi) is 2.65. The van der Waals surface area contributed by atoms with E-state index in [9.17, 15) is 4.79 Å². The molecule has 3 heteroatoms. The first-order chi connectivity index (χ1) is 5.74. The molecule has 0 bridgehead atoms. The third-order valence-corrected chi connectivity index (χ3v) is 1.65. The highest BCUT2D eigenvalue weighted by atomic mass is 16.1. The molecule has 0 aliphatic rings. The SMILES string of the molecule is CC(=O)CCn1cccc1C#N. The van der Waals surface area contributed by atoms with E-state index < -0.39 is 0 Å². The minimum absolute atomic E-state index is 0.146. The summed E-state index contributed by atoms with van der Waals surface area (Å²) in [6.45, 7) is 2.15. The van der Waals surface area contributed by atoms with E-state index in [1.165, 1.54) is 0 Å². The minimum atomic E-state index is 0.146. The molecular weight excluding hydrogens is 152 g/mol. The molecule has 0 saturated heterocycles. The van der Waals surface area contributed by atoms with Gasteiger partial charge in [-0.2, -0.15) is 5.26 Å². The van der Waals surface area contributed by atoms with Gasteiger partial charge < -0.3 is 4.57 Å². The van der Waals surface area contributed by atoms with Crippen molar-refractivity contribution in [3.63, 3.8) is 0 Å². The van der Waals surface area contributed by atoms with Crippen molar-refractivity contribution in [1.29, 1.82) is 5.26 Å². The van der Waals surface area contributed by atoms with Crippen LogP contribution in [-0.2, 0) is 11.3 Å². The lowest BCUT2D eigenvalue weighted by Gasteiger charge is -2.00. The number of carbonyl (C=O) groups is 1. The molecular formula is C9H10N2O. The van der Waals surface area contributed by atoms with Gasteiger partial charge in [-0.3, -0.25) is 4.79 Å². The maximum Gasteiger partial charge on any atom is 0.131 e. The van der Waals surface area contributed by atoms with E-state index in [0.717, 1.165) is 0 Å². The van der Waals surface area contributed by atoms with Crippen LogP contribution < -0.4 is 0 Å². The van der Waals surface area contributed by atoms with Crippen LogP contribution in [0.3, 0.4) is 0 Å². The number of rotatable bonds is 3. The number of aryl methyl sites for hydroxylation is 1. The van der Waals surface area contributed by atoms with Crippen LogP contribution in [0.15, 0.2) is 18.3 Å². The predicted octanol–water partition coefficient (Wildman–Crippen LogP) is 1.34. The Morgan fingerprint density at radius 3 is 3.08 bits per heavy atom. The van der Waals surface area contributed by atoms with Crippen molar-refractivity contribution < 1.29 is 4.79 Å². The average Bonchev–Trinajstić information content (AvgIpc) is 2.47. The molecule has 1 heterocycles. The highest BCUT2D eigenvalue weighted by molar-refractivity contribution is 5.75. The maximum absolute atomic E-state index is 10.6. The zero-order valence-electron chi connectivity index (χ0n) is 6.95. The van der Waals surface area contributed by atoms with Gasteiger partial charge in [-0.25, -0.2) is 0 Å². The van der Waals surface area contributed by atoms with E-state index in [-0.39, 0.29) is 5.78 Å². The molecule has 0 aromatic carbocycles. The minimum Gasteiger partial charge on any atom is -0.339 e. The number of nitrogens with zero attached hydrogens (tertiary/aromatic N) is 2. The molecule has 1 aromatic heterocycles. The first-order valence-corrected chi connectivity index (χ1v) is 3.78. The van der Waals surface area contributed by atoms with Crippen molar-refractivity contribution in [2.75, 3.05) is 0 Å². The van der Waals surface area contributed by atoms with Crippen LogP contribution in [0.25, 0.3) is 0 Å². The first-order valence-electron chi connectivity index (χ1n) is 3.78. The van der Waals surface area contributed by atoms with Gasteiger partial charge in [0, 0.05) is 19.2 Å². The van der Waals surface area contributed by atoms with E-state index in [1.54, 1.807) is 23.6 Å². The van der Waals surface area contributed by atoms with Crippen LogP contribution in [0.1, 0.15) is 19.0 Å². The summed E-state index contributed by atoms with van der Waals surface area (Å²) < 4.78 is 1.78. The third-order valence-electron chi connectivity index (χ3n) is 1.65. The molecule has 12 heavy (non-hydrogen) atoms. The summed E-state index contributed by atoms with van der Waals surface area (Å²) in [4.78, 5) is 10.6. The third kappa shape index (κ3) is 1.96. The number of aromatic nitrogens is 1. The van der Waals surface area contributed by atoms with Crippen LogP contribution in [0.2, 0.25) is 0 Å². The van der Waals surface area contributed by atoms with Crippen LogP contribution >= 0.6 is 0 Å². The van der Waals surface area contributed by atoms with Gasteiger partial charge in [0.25, 0.3) is 0 Å². The van der Waals surface area contributed by atoms with Gasteiger partial charge in [-0.1, -0.05) is 0 Å². The van der Waals surface area contributed by atoms with Crippen molar-refractivity contribution >= 4 is 5.78 Å². The average molecular weight is 162 g/mol. The summed E-state index contributed by atoms with van der Waals surface area (Å²) >= 11 is 0. The molecule has 0 fully saturated rings. The van der Waals surface area contributed by atoms with E-state index >= 15 is 0 Å². The molecule has 3 nitrogen and oxygen atoms in total. The molecule has 1 rings (SSSR count).